The summed E-state index contributed by atoms with van der Waals surface area (Å²) >= 11 is 0. The van der Waals surface area contributed by atoms with Crippen molar-refractivity contribution in [2.24, 2.45) is 0 Å². The molecule has 0 aromatic heterocycles. The molecule has 0 fully saturated rings. The Labute approximate surface area is 115 Å². The second-order valence-electron chi connectivity index (χ2n) is 4.03. The molecule has 0 saturated heterocycles. The number of benzene rings is 2. The molecule has 2 N–H and O–H groups in total. The first-order valence-electron chi connectivity index (χ1n) is 5.90. The van der Waals surface area contributed by atoms with Crippen LogP contribution in [-0.2, 0) is 0 Å². The maximum absolute atomic E-state index is 11.8. The normalized spacial score (nSPS) is 9.60. The topological polar surface area (TPSA) is 75.3 Å². The number of carbonyl (C=O) groups excluding carboxylic acids is 3. The van der Waals surface area contributed by atoms with Gasteiger partial charge in [0.15, 0.2) is 6.29 Å². The van der Waals surface area contributed by atoms with Crippen LogP contribution in [0.25, 0.3) is 0 Å². The van der Waals surface area contributed by atoms with Crippen LogP contribution in [0, 0.1) is 0 Å². The molecule has 2 amide bonds. The molecule has 20 heavy (non-hydrogen) atoms. The van der Waals surface area contributed by atoms with E-state index in [0.717, 1.165) is 0 Å². The van der Waals surface area contributed by atoms with Gasteiger partial charge < -0.3 is 10.6 Å². The number of para-hydroxylation sites is 1. The number of amides is 2. The molecule has 0 aliphatic heterocycles. The quantitative estimate of drug-likeness (QED) is 0.837. The summed E-state index contributed by atoms with van der Waals surface area (Å²) < 4.78 is 0. The SMILES string of the molecule is O=Cc1ccc(NC(=O)Nc2ccccc2)c(C=O)c1. The molecule has 100 valence electrons. The summed E-state index contributed by atoms with van der Waals surface area (Å²) in [5.74, 6) is 0. The summed E-state index contributed by atoms with van der Waals surface area (Å²) in [6.07, 6.45) is 1.23. The largest absolute Gasteiger partial charge is 0.323 e. The number of nitrogens with one attached hydrogen (secondary N) is 2. The van der Waals surface area contributed by atoms with Gasteiger partial charge in [-0.15, -0.1) is 0 Å². The van der Waals surface area contributed by atoms with Gasteiger partial charge >= 0.3 is 6.03 Å². The Morgan fingerprint density at radius 1 is 0.900 bits per heavy atom. The first-order valence-corrected chi connectivity index (χ1v) is 5.90. The minimum absolute atomic E-state index is 0.248. The fourth-order valence-electron chi connectivity index (χ4n) is 1.67. The van der Waals surface area contributed by atoms with E-state index in [9.17, 15) is 14.4 Å². The van der Waals surface area contributed by atoms with Gasteiger partial charge in [-0.1, -0.05) is 18.2 Å². The zero-order valence-corrected chi connectivity index (χ0v) is 10.5. The summed E-state index contributed by atoms with van der Waals surface area (Å²) in [6.45, 7) is 0. The van der Waals surface area contributed by atoms with Crippen molar-refractivity contribution in [1.82, 2.24) is 0 Å². The Morgan fingerprint density at radius 2 is 1.65 bits per heavy atom. The van der Waals surface area contributed by atoms with Gasteiger partial charge in [0, 0.05) is 16.8 Å². The molecule has 5 heteroatoms. The third kappa shape index (κ3) is 3.29. The van der Waals surface area contributed by atoms with Crippen molar-refractivity contribution >= 4 is 30.0 Å². The van der Waals surface area contributed by atoms with Crippen LogP contribution < -0.4 is 10.6 Å². The van der Waals surface area contributed by atoms with Crippen LogP contribution in [0.5, 0.6) is 0 Å². The summed E-state index contributed by atoms with van der Waals surface area (Å²) in [5, 5.41) is 5.20. The predicted molar refractivity (Wildman–Crippen MR) is 76.3 cm³/mol. The van der Waals surface area contributed by atoms with Crippen LogP contribution in [0.15, 0.2) is 48.5 Å². The van der Waals surface area contributed by atoms with Gasteiger partial charge in [-0.2, -0.15) is 0 Å². The number of anilines is 2. The van der Waals surface area contributed by atoms with Gasteiger partial charge in [-0.25, -0.2) is 4.79 Å². The van der Waals surface area contributed by atoms with Crippen molar-refractivity contribution in [3.63, 3.8) is 0 Å². The summed E-state index contributed by atoms with van der Waals surface area (Å²) in [5.41, 5.74) is 1.61. The van der Waals surface area contributed by atoms with Crippen molar-refractivity contribution in [3.8, 4) is 0 Å². The maximum Gasteiger partial charge on any atom is 0.323 e. The molecule has 0 spiro atoms. The van der Waals surface area contributed by atoms with Crippen LogP contribution in [0.2, 0.25) is 0 Å². The minimum atomic E-state index is -0.460. The summed E-state index contributed by atoms with van der Waals surface area (Å²) in [7, 11) is 0. The molecule has 2 aromatic carbocycles. The van der Waals surface area contributed by atoms with Gasteiger partial charge in [-0.3, -0.25) is 9.59 Å². The molecule has 0 saturated carbocycles. The molecule has 0 radical (unpaired) electrons. The second kappa shape index (κ2) is 6.29. The number of aldehydes is 2. The Bertz CT molecular complexity index is 639. The molecule has 0 heterocycles. The van der Waals surface area contributed by atoms with Gasteiger partial charge in [0.25, 0.3) is 0 Å². The van der Waals surface area contributed by atoms with Crippen LogP contribution in [-0.4, -0.2) is 18.6 Å². The molecule has 0 bridgehead atoms. The second-order valence-corrected chi connectivity index (χ2v) is 4.03. The van der Waals surface area contributed by atoms with E-state index in [1.807, 2.05) is 6.07 Å². The van der Waals surface area contributed by atoms with Gasteiger partial charge in [0.2, 0.25) is 0 Å². The number of carbonyl (C=O) groups is 3. The molecule has 2 rings (SSSR count). The fraction of sp³-hybridized carbons (Fsp3) is 0. The average Bonchev–Trinajstić information content (AvgIpc) is 2.48. The summed E-state index contributed by atoms with van der Waals surface area (Å²) in [6, 6.07) is 12.9. The highest BCUT2D eigenvalue weighted by molar-refractivity contribution is 6.03. The fourth-order valence-corrected chi connectivity index (χ4v) is 1.67. The molecule has 0 aliphatic rings. The third-order valence-electron chi connectivity index (χ3n) is 2.62. The lowest BCUT2D eigenvalue weighted by Gasteiger charge is -2.09. The highest BCUT2D eigenvalue weighted by Crippen LogP contribution is 2.15. The van der Waals surface area contributed by atoms with E-state index < -0.39 is 6.03 Å². The Balaban J connectivity index is 2.11. The lowest BCUT2D eigenvalue weighted by Crippen LogP contribution is -2.20. The smallest absolute Gasteiger partial charge is 0.308 e. The predicted octanol–water partition coefficient (Wildman–Crippen LogP) is 2.96. The molecule has 5 nitrogen and oxygen atoms in total. The number of urea groups is 1. The molecule has 0 unspecified atom stereocenters. The lowest BCUT2D eigenvalue weighted by molar-refractivity contribution is 0.112. The van der Waals surface area contributed by atoms with E-state index in [1.165, 1.54) is 18.2 Å². The third-order valence-corrected chi connectivity index (χ3v) is 2.62. The highest BCUT2D eigenvalue weighted by Gasteiger charge is 2.07. The molecule has 0 aliphatic carbocycles. The van der Waals surface area contributed by atoms with Crippen LogP contribution in [0.1, 0.15) is 20.7 Å². The van der Waals surface area contributed by atoms with Crippen molar-refractivity contribution in [3.05, 3.63) is 59.7 Å². The van der Waals surface area contributed by atoms with E-state index in [-0.39, 0.29) is 5.56 Å². The van der Waals surface area contributed by atoms with Crippen LogP contribution in [0.4, 0.5) is 16.2 Å². The molecule has 0 atom stereocenters. The lowest BCUT2D eigenvalue weighted by atomic mass is 10.1. The average molecular weight is 268 g/mol. The Kier molecular flexibility index (Phi) is 4.24. The Hall–Kier alpha value is -2.95. The first-order chi connectivity index (χ1) is 9.72. The van der Waals surface area contributed by atoms with Crippen molar-refractivity contribution in [1.29, 1.82) is 0 Å². The number of rotatable bonds is 4. The van der Waals surface area contributed by atoms with Crippen molar-refractivity contribution in [2.45, 2.75) is 0 Å². The van der Waals surface area contributed by atoms with E-state index >= 15 is 0 Å². The zero-order valence-electron chi connectivity index (χ0n) is 10.5. The Morgan fingerprint density at radius 3 is 2.30 bits per heavy atom. The first kappa shape index (κ1) is 13.5. The summed E-state index contributed by atoms with van der Waals surface area (Å²) in [4.78, 5) is 33.4. The minimum Gasteiger partial charge on any atom is -0.308 e. The van der Waals surface area contributed by atoms with Gasteiger partial charge in [0.05, 0.1) is 5.69 Å². The van der Waals surface area contributed by atoms with E-state index in [1.54, 1.807) is 24.3 Å². The van der Waals surface area contributed by atoms with Crippen molar-refractivity contribution < 1.29 is 14.4 Å². The van der Waals surface area contributed by atoms with Crippen molar-refractivity contribution in [2.75, 3.05) is 10.6 Å². The number of hydrogen-bond donors (Lipinski definition) is 2. The van der Waals surface area contributed by atoms with Crippen LogP contribution >= 0.6 is 0 Å². The standard InChI is InChI=1S/C15H12N2O3/c18-9-11-6-7-14(12(8-11)10-19)17-15(20)16-13-4-2-1-3-5-13/h1-10H,(H2,16,17,20). The van der Waals surface area contributed by atoms with E-state index in [2.05, 4.69) is 10.6 Å². The number of hydrogen-bond acceptors (Lipinski definition) is 3. The van der Waals surface area contributed by atoms with Gasteiger partial charge in [0.1, 0.15) is 6.29 Å². The zero-order chi connectivity index (χ0) is 14.4. The highest BCUT2D eigenvalue weighted by atomic mass is 16.2. The molecule has 2 aromatic rings. The monoisotopic (exact) mass is 268 g/mol. The van der Waals surface area contributed by atoms with E-state index in [4.69, 9.17) is 0 Å². The maximum atomic E-state index is 11.8. The van der Waals surface area contributed by atoms with Crippen LogP contribution in [0.3, 0.4) is 0 Å². The molecular weight excluding hydrogens is 256 g/mol. The van der Waals surface area contributed by atoms with E-state index in [0.29, 0.717) is 29.5 Å². The molecular formula is C15H12N2O3. The van der Waals surface area contributed by atoms with Gasteiger partial charge in [-0.05, 0) is 30.3 Å².